The van der Waals surface area contributed by atoms with Gasteiger partial charge in [0.15, 0.2) is 12.3 Å². The van der Waals surface area contributed by atoms with Crippen LogP contribution in [0.15, 0.2) is 60.8 Å². The molecule has 0 spiro atoms. The third kappa shape index (κ3) is 5.39. The van der Waals surface area contributed by atoms with Gasteiger partial charge < -0.3 is 20.4 Å². The zero-order valence-electron chi connectivity index (χ0n) is 19.4. The summed E-state index contributed by atoms with van der Waals surface area (Å²) in [7, 11) is 1.58. The molecule has 0 radical (unpaired) electrons. The van der Waals surface area contributed by atoms with Crippen molar-refractivity contribution in [1.29, 1.82) is 0 Å². The minimum atomic E-state index is -0.181. The van der Waals surface area contributed by atoms with Gasteiger partial charge in [0.1, 0.15) is 17.1 Å². The molecule has 2 aromatic carbocycles. The van der Waals surface area contributed by atoms with E-state index < -0.39 is 0 Å². The fourth-order valence-electron chi connectivity index (χ4n) is 4.28. The van der Waals surface area contributed by atoms with Gasteiger partial charge in [-0.15, -0.1) is 0 Å². The molecule has 0 saturated carbocycles. The highest BCUT2D eigenvalue weighted by Gasteiger charge is 2.24. The molecule has 0 aliphatic carbocycles. The van der Waals surface area contributed by atoms with Gasteiger partial charge in [0.25, 0.3) is 5.91 Å². The molecule has 1 saturated heterocycles. The van der Waals surface area contributed by atoms with Crippen LogP contribution in [0.2, 0.25) is 5.02 Å². The lowest BCUT2D eigenvalue weighted by molar-refractivity contribution is -0.122. The molecule has 1 fully saturated rings. The van der Waals surface area contributed by atoms with E-state index >= 15 is 0 Å². The van der Waals surface area contributed by atoms with Gasteiger partial charge in [-0.1, -0.05) is 41.9 Å². The smallest absolute Gasteiger partial charge is 0.257 e. The maximum Gasteiger partial charge on any atom is 0.257 e. The molecule has 1 aliphatic rings. The number of aromatic amines is 1. The highest BCUT2D eigenvalue weighted by atomic mass is 35.5. The summed E-state index contributed by atoms with van der Waals surface area (Å²) in [6.45, 7) is 2.88. The van der Waals surface area contributed by atoms with E-state index in [1.54, 1.807) is 13.2 Å². The largest absolute Gasteiger partial charge is 0.484 e. The third-order valence-corrected chi connectivity index (χ3v) is 6.41. The second-order valence-electron chi connectivity index (χ2n) is 8.60. The molecule has 2 aromatic heterocycles. The number of fused-ring (bicyclic) bond motifs is 1. The summed E-state index contributed by atoms with van der Waals surface area (Å²) in [6.07, 6.45) is 2.68. The van der Waals surface area contributed by atoms with Gasteiger partial charge in [0.05, 0.1) is 16.9 Å². The highest BCUT2D eigenvalue weighted by molar-refractivity contribution is 6.34. The molecule has 35 heavy (non-hydrogen) atoms. The van der Waals surface area contributed by atoms with Crippen LogP contribution in [-0.4, -0.2) is 58.5 Å². The molecule has 0 bridgehead atoms. The molecule has 3 heterocycles. The first kappa shape index (κ1) is 23.1. The summed E-state index contributed by atoms with van der Waals surface area (Å²) in [4.78, 5) is 26.3. The molecule has 3 N–H and O–H groups in total. The second-order valence-corrected chi connectivity index (χ2v) is 9.01. The summed E-state index contributed by atoms with van der Waals surface area (Å²) in [6, 6.07) is 18.2. The van der Waals surface area contributed by atoms with Crippen LogP contribution >= 0.6 is 11.6 Å². The van der Waals surface area contributed by atoms with Crippen molar-refractivity contribution < 1.29 is 9.53 Å². The maximum atomic E-state index is 11.4. The quantitative estimate of drug-likeness (QED) is 0.344. The molecule has 1 atom stereocenters. The Morgan fingerprint density at radius 1 is 1.20 bits per heavy atom. The first-order valence-electron chi connectivity index (χ1n) is 11.6. The molecular formula is C26H27ClN6O2. The van der Waals surface area contributed by atoms with Gasteiger partial charge >= 0.3 is 0 Å². The minimum Gasteiger partial charge on any atom is -0.484 e. The van der Waals surface area contributed by atoms with E-state index in [4.69, 9.17) is 16.3 Å². The number of ether oxygens (including phenoxy) is 1. The van der Waals surface area contributed by atoms with Crippen LogP contribution in [0.1, 0.15) is 12.0 Å². The van der Waals surface area contributed by atoms with E-state index in [2.05, 4.69) is 54.8 Å². The van der Waals surface area contributed by atoms with Crippen LogP contribution in [0.5, 0.6) is 5.75 Å². The average molecular weight is 491 g/mol. The van der Waals surface area contributed by atoms with Crippen LogP contribution in [-0.2, 0) is 11.3 Å². The van der Waals surface area contributed by atoms with Crippen molar-refractivity contribution in [2.75, 3.05) is 32.1 Å². The summed E-state index contributed by atoms with van der Waals surface area (Å²) >= 11 is 6.56. The number of amides is 1. The first-order chi connectivity index (χ1) is 17.1. The van der Waals surface area contributed by atoms with E-state index in [0.29, 0.717) is 22.2 Å². The number of nitrogens with zero attached hydrogens (tertiary/aromatic N) is 3. The number of carbonyl (C=O) groups is 1. The molecule has 1 aliphatic heterocycles. The van der Waals surface area contributed by atoms with Crippen molar-refractivity contribution >= 4 is 34.4 Å². The van der Waals surface area contributed by atoms with Crippen molar-refractivity contribution in [3.05, 3.63) is 71.4 Å². The van der Waals surface area contributed by atoms with E-state index in [1.807, 2.05) is 30.3 Å². The average Bonchev–Trinajstić information content (AvgIpc) is 3.52. The minimum absolute atomic E-state index is 0.0259. The summed E-state index contributed by atoms with van der Waals surface area (Å²) in [5.74, 6) is 1.12. The number of imidazole rings is 1. The number of carbonyl (C=O) groups excluding carboxylic acids is 1. The Morgan fingerprint density at radius 3 is 2.77 bits per heavy atom. The number of pyridine rings is 1. The molecule has 5 rings (SSSR count). The van der Waals surface area contributed by atoms with E-state index in [0.717, 1.165) is 42.8 Å². The number of benzene rings is 2. The topological polar surface area (TPSA) is 95.2 Å². The van der Waals surface area contributed by atoms with Gasteiger partial charge in [0, 0.05) is 38.3 Å². The molecule has 4 aromatic rings. The zero-order valence-corrected chi connectivity index (χ0v) is 20.2. The Morgan fingerprint density at radius 2 is 2.00 bits per heavy atom. The highest BCUT2D eigenvalue weighted by Crippen LogP contribution is 2.32. The molecule has 8 nitrogen and oxygen atoms in total. The number of anilines is 1. The maximum absolute atomic E-state index is 11.4. The lowest BCUT2D eigenvalue weighted by atomic mass is 10.2. The Bertz CT molecular complexity index is 1310. The summed E-state index contributed by atoms with van der Waals surface area (Å²) in [5.41, 5.74) is 4.42. The normalized spacial score (nSPS) is 15.9. The number of hydrogen-bond acceptors (Lipinski definition) is 6. The van der Waals surface area contributed by atoms with Gasteiger partial charge in [-0.25, -0.2) is 9.97 Å². The van der Waals surface area contributed by atoms with Crippen molar-refractivity contribution in [2.24, 2.45) is 0 Å². The Hall–Kier alpha value is -3.62. The van der Waals surface area contributed by atoms with Crippen molar-refractivity contribution in [3.8, 4) is 17.1 Å². The number of aromatic nitrogens is 3. The van der Waals surface area contributed by atoms with Crippen molar-refractivity contribution in [2.45, 2.75) is 19.0 Å². The molecule has 1 amide bonds. The number of hydrogen-bond donors (Lipinski definition) is 3. The lowest BCUT2D eigenvalue weighted by Gasteiger charge is -2.18. The standard InChI is InChI=1S/C26H27ClN6O2/c1-28-22(34)16-35-20-9-7-18(8-10-20)25-31-24-23(21(27)13-29-26(24)32-25)30-19-11-12-33(15-19)14-17-5-3-2-4-6-17/h2-10,13,19H,11-12,14-16H2,1H3,(H,28,34)(H2,29,30,31,32)/t19-/m1/s1. The lowest BCUT2D eigenvalue weighted by Crippen LogP contribution is -2.26. The van der Waals surface area contributed by atoms with E-state index in [-0.39, 0.29) is 18.6 Å². The Labute approximate surface area is 208 Å². The van der Waals surface area contributed by atoms with Crippen LogP contribution in [0, 0.1) is 0 Å². The summed E-state index contributed by atoms with van der Waals surface area (Å²) < 4.78 is 5.48. The molecular weight excluding hydrogens is 464 g/mol. The Kier molecular flexibility index (Phi) is 6.83. The van der Waals surface area contributed by atoms with Gasteiger partial charge in [-0.2, -0.15) is 0 Å². The number of likely N-dealkylation sites (tertiary alicyclic amines) is 1. The zero-order chi connectivity index (χ0) is 24.2. The SMILES string of the molecule is CNC(=O)COc1ccc(-c2nc3ncc(Cl)c(N[C@@H]4CCN(Cc5ccccc5)C4)c3[nH]2)cc1. The molecule has 9 heteroatoms. The predicted molar refractivity (Wildman–Crippen MR) is 138 cm³/mol. The van der Waals surface area contributed by atoms with Crippen LogP contribution < -0.4 is 15.4 Å². The number of halogens is 1. The molecule has 180 valence electrons. The Balaban J connectivity index is 1.30. The second kappa shape index (κ2) is 10.3. The fraction of sp³-hybridized carbons (Fsp3) is 0.269. The number of H-pyrrole nitrogens is 1. The van der Waals surface area contributed by atoms with Gasteiger partial charge in [-0.05, 0) is 36.2 Å². The number of likely N-dealkylation sites (N-methyl/N-ethyl adjacent to an activating group) is 1. The first-order valence-corrected chi connectivity index (χ1v) is 12.0. The van der Waals surface area contributed by atoms with Crippen LogP contribution in [0.25, 0.3) is 22.6 Å². The number of rotatable bonds is 8. The van der Waals surface area contributed by atoms with E-state index in [1.165, 1.54) is 5.56 Å². The van der Waals surface area contributed by atoms with Gasteiger partial charge in [-0.3, -0.25) is 9.69 Å². The monoisotopic (exact) mass is 490 g/mol. The third-order valence-electron chi connectivity index (χ3n) is 6.12. The van der Waals surface area contributed by atoms with E-state index in [9.17, 15) is 4.79 Å². The van der Waals surface area contributed by atoms with Crippen LogP contribution in [0.4, 0.5) is 5.69 Å². The predicted octanol–water partition coefficient (Wildman–Crippen LogP) is 4.09. The van der Waals surface area contributed by atoms with Gasteiger partial charge in [0.2, 0.25) is 0 Å². The molecule has 0 unspecified atom stereocenters. The van der Waals surface area contributed by atoms with Crippen molar-refractivity contribution in [3.63, 3.8) is 0 Å². The fourth-order valence-corrected chi connectivity index (χ4v) is 4.48. The van der Waals surface area contributed by atoms with Crippen LogP contribution in [0.3, 0.4) is 0 Å². The summed E-state index contributed by atoms with van der Waals surface area (Å²) in [5, 5.41) is 6.72. The van der Waals surface area contributed by atoms with Crippen molar-refractivity contribution in [1.82, 2.24) is 25.2 Å². The number of nitrogens with one attached hydrogen (secondary N) is 3.